The van der Waals surface area contributed by atoms with Crippen LogP contribution in [0.4, 0.5) is 5.69 Å². The maximum atomic E-state index is 12.0. The van der Waals surface area contributed by atoms with Gasteiger partial charge < -0.3 is 10.6 Å². The third-order valence-electron chi connectivity index (χ3n) is 3.32. The van der Waals surface area contributed by atoms with Crippen molar-refractivity contribution in [2.24, 2.45) is 0 Å². The lowest BCUT2D eigenvalue weighted by Gasteiger charge is -2.18. The number of hydrogen-bond acceptors (Lipinski definition) is 3. The summed E-state index contributed by atoms with van der Waals surface area (Å²) in [6.45, 7) is 5.64. The maximum absolute atomic E-state index is 12.0. The summed E-state index contributed by atoms with van der Waals surface area (Å²) in [6, 6.07) is 7.63. The van der Waals surface area contributed by atoms with Gasteiger partial charge in [-0.15, -0.1) is 0 Å². The molecule has 0 saturated carbocycles. The van der Waals surface area contributed by atoms with Gasteiger partial charge >= 0.3 is 0 Å². The van der Waals surface area contributed by atoms with Gasteiger partial charge in [-0.1, -0.05) is 18.2 Å². The first-order chi connectivity index (χ1) is 9.65. The van der Waals surface area contributed by atoms with Gasteiger partial charge in [0.25, 0.3) is 0 Å². The molecule has 0 unspecified atom stereocenters. The number of nitrogens with zero attached hydrogens (tertiary/aromatic N) is 3. The Morgan fingerprint density at radius 1 is 1.30 bits per heavy atom. The summed E-state index contributed by atoms with van der Waals surface area (Å²) in [4.78, 5) is 13.8. The lowest BCUT2D eigenvalue weighted by Crippen LogP contribution is -2.33. The SMILES string of the molecule is CCN(CC)C(=O)Cn1cc(-c2ccccc2N)cn1. The van der Waals surface area contributed by atoms with Crippen molar-refractivity contribution in [2.45, 2.75) is 20.4 Å². The van der Waals surface area contributed by atoms with Crippen LogP contribution in [0.2, 0.25) is 0 Å². The van der Waals surface area contributed by atoms with E-state index in [-0.39, 0.29) is 12.5 Å². The number of carbonyl (C=O) groups excluding carboxylic acids is 1. The molecule has 0 saturated heterocycles. The first-order valence-corrected chi connectivity index (χ1v) is 6.80. The van der Waals surface area contributed by atoms with Gasteiger partial charge in [0.2, 0.25) is 5.91 Å². The van der Waals surface area contributed by atoms with E-state index in [0.717, 1.165) is 24.2 Å². The van der Waals surface area contributed by atoms with E-state index < -0.39 is 0 Å². The number of rotatable bonds is 5. The van der Waals surface area contributed by atoms with Crippen LogP contribution in [0.25, 0.3) is 11.1 Å². The van der Waals surface area contributed by atoms with Crippen molar-refractivity contribution in [1.82, 2.24) is 14.7 Å². The molecule has 106 valence electrons. The standard InChI is InChI=1S/C15H20N4O/c1-3-18(4-2)15(20)11-19-10-12(9-17-19)13-7-5-6-8-14(13)16/h5-10H,3-4,11,16H2,1-2H3. The van der Waals surface area contributed by atoms with Crippen LogP contribution in [0.1, 0.15) is 13.8 Å². The highest BCUT2D eigenvalue weighted by atomic mass is 16.2. The molecule has 5 heteroatoms. The Morgan fingerprint density at radius 2 is 2.00 bits per heavy atom. The van der Waals surface area contributed by atoms with E-state index in [2.05, 4.69) is 5.10 Å². The van der Waals surface area contributed by atoms with Crippen molar-refractivity contribution in [3.63, 3.8) is 0 Å². The summed E-state index contributed by atoms with van der Waals surface area (Å²) in [5.41, 5.74) is 8.52. The van der Waals surface area contributed by atoms with Crippen LogP contribution < -0.4 is 5.73 Å². The van der Waals surface area contributed by atoms with Crippen LogP contribution in [0, 0.1) is 0 Å². The minimum atomic E-state index is 0.0747. The number of aromatic nitrogens is 2. The van der Waals surface area contributed by atoms with Gasteiger partial charge in [0, 0.05) is 36.1 Å². The Hall–Kier alpha value is -2.30. The van der Waals surface area contributed by atoms with Crippen molar-refractivity contribution in [3.8, 4) is 11.1 Å². The van der Waals surface area contributed by atoms with Crippen LogP contribution in [0.3, 0.4) is 0 Å². The zero-order chi connectivity index (χ0) is 14.5. The number of amides is 1. The van der Waals surface area contributed by atoms with E-state index in [1.807, 2.05) is 44.3 Å². The van der Waals surface area contributed by atoms with E-state index in [0.29, 0.717) is 5.69 Å². The van der Waals surface area contributed by atoms with Gasteiger partial charge in [0.05, 0.1) is 6.20 Å². The monoisotopic (exact) mass is 272 g/mol. The van der Waals surface area contributed by atoms with Crippen LogP contribution in [-0.2, 0) is 11.3 Å². The molecule has 20 heavy (non-hydrogen) atoms. The van der Waals surface area contributed by atoms with Gasteiger partial charge in [0.1, 0.15) is 6.54 Å². The highest BCUT2D eigenvalue weighted by Crippen LogP contribution is 2.24. The second-order valence-corrected chi connectivity index (χ2v) is 4.58. The molecule has 0 aliphatic carbocycles. The highest BCUT2D eigenvalue weighted by molar-refractivity contribution is 5.77. The number of para-hydroxylation sites is 1. The molecule has 2 aromatic rings. The van der Waals surface area contributed by atoms with Crippen molar-refractivity contribution in [1.29, 1.82) is 0 Å². The first-order valence-electron chi connectivity index (χ1n) is 6.80. The Labute approximate surface area is 119 Å². The number of anilines is 1. The Balaban J connectivity index is 2.14. The maximum Gasteiger partial charge on any atom is 0.244 e. The molecule has 0 radical (unpaired) electrons. The average Bonchev–Trinajstić information content (AvgIpc) is 2.89. The van der Waals surface area contributed by atoms with Crippen LogP contribution >= 0.6 is 0 Å². The molecule has 2 rings (SSSR count). The molecular weight excluding hydrogens is 252 g/mol. The minimum absolute atomic E-state index is 0.0747. The molecule has 1 heterocycles. The summed E-state index contributed by atoms with van der Waals surface area (Å²) in [7, 11) is 0. The first kappa shape index (κ1) is 14.1. The molecule has 0 bridgehead atoms. The third kappa shape index (κ3) is 2.99. The fraction of sp³-hybridized carbons (Fsp3) is 0.333. The zero-order valence-electron chi connectivity index (χ0n) is 11.9. The fourth-order valence-corrected chi connectivity index (χ4v) is 2.16. The molecule has 1 amide bonds. The number of carbonyl (C=O) groups is 1. The summed E-state index contributed by atoms with van der Waals surface area (Å²) < 4.78 is 1.66. The Morgan fingerprint density at radius 3 is 2.65 bits per heavy atom. The van der Waals surface area contributed by atoms with Gasteiger partial charge in [0.15, 0.2) is 0 Å². The normalized spacial score (nSPS) is 10.5. The topological polar surface area (TPSA) is 64.2 Å². The van der Waals surface area contributed by atoms with Gasteiger partial charge in [-0.2, -0.15) is 5.10 Å². The van der Waals surface area contributed by atoms with Crippen LogP contribution in [-0.4, -0.2) is 33.7 Å². The van der Waals surface area contributed by atoms with E-state index in [4.69, 9.17) is 5.73 Å². The number of nitrogens with two attached hydrogens (primary N) is 1. The van der Waals surface area contributed by atoms with Crippen molar-refractivity contribution < 1.29 is 4.79 Å². The number of hydrogen-bond donors (Lipinski definition) is 1. The Kier molecular flexibility index (Phi) is 4.40. The molecule has 5 nitrogen and oxygen atoms in total. The van der Waals surface area contributed by atoms with Crippen LogP contribution in [0.5, 0.6) is 0 Å². The summed E-state index contributed by atoms with van der Waals surface area (Å²) in [5, 5.41) is 4.24. The van der Waals surface area contributed by atoms with E-state index in [1.165, 1.54) is 0 Å². The molecule has 2 N–H and O–H groups in total. The smallest absolute Gasteiger partial charge is 0.244 e. The average molecular weight is 272 g/mol. The summed E-state index contributed by atoms with van der Waals surface area (Å²) in [6.07, 6.45) is 3.59. The lowest BCUT2D eigenvalue weighted by atomic mass is 10.1. The quantitative estimate of drug-likeness (QED) is 0.847. The predicted octanol–water partition coefficient (Wildman–Crippen LogP) is 2.00. The molecule has 1 aromatic carbocycles. The zero-order valence-corrected chi connectivity index (χ0v) is 11.9. The molecular formula is C15H20N4O. The molecule has 0 aliphatic rings. The predicted molar refractivity (Wildman–Crippen MR) is 80.0 cm³/mol. The van der Waals surface area contributed by atoms with Crippen molar-refractivity contribution >= 4 is 11.6 Å². The summed E-state index contributed by atoms with van der Waals surface area (Å²) in [5.74, 6) is 0.0747. The van der Waals surface area contributed by atoms with Crippen LogP contribution in [0.15, 0.2) is 36.7 Å². The van der Waals surface area contributed by atoms with E-state index in [1.54, 1.807) is 15.8 Å². The van der Waals surface area contributed by atoms with Crippen molar-refractivity contribution in [3.05, 3.63) is 36.7 Å². The molecule has 1 aromatic heterocycles. The third-order valence-corrected chi connectivity index (χ3v) is 3.32. The second-order valence-electron chi connectivity index (χ2n) is 4.58. The van der Waals surface area contributed by atoms with E-state index in [9.17, 15) is 4.79 Å². The van der Waals surface area contributed by atoms with Gasteiger partial charge in [-0.05, 0) is 19.9 Å². The van der Waals surface area contributed by atoms with Crippen molar-refractivity contribution in [2.75, 3.05) is 18.8 Å². The van der Waals surface area contributed by atoms with Gasteiger partial charge in [-0.3, -0.25) is 9.48 Å². The number of benzene rings is 1. The lowest BCUT2D eigenvalue weighted by molar-refractivity contribution is -0.131. The molecule has 0 spiro atoms. The molecule has 0 fully saturated rings. The van der Waals surface area contributed by atoms with Gasteiger partial charge in [-0.25, -0.2) is 0 Å². The molecule has 0 atom stereocenters. The van der Waals surface area contributed by atoms with E-state index >= 15 is 0 Å². The Bertz CT molecular complexity index is 587. The highest BCUT2D eigenvalue weighted by Gasteiger charge is 2.11. The second kappa shape index (κ2) is 6.23. The largest absolute Gasteiger partial charge is 0.398 e. The summed E-state index contributed by atoms with van der Waals surface area (Å²) >= 11 is 0. The minimum Gasteiger partial charge on any atom is -0.398 e. The number of likely N-dealkylation sites (N-methyl/N-ethyl adjacent to an activating group) is 1. The fourth-order valence-electron chi connectivity index (χ4n) is 2.16. The molecule has 0 aliphatic heterocycles. The number of nitrogen functional groups attached to an aromatic ring is 1.